The highest BCUT2D eigenvalue weighted by atomic mass is 16.2. The van der Waals surface area contributed by atoms with Crippen molar-refractivity contribution in [3.8, 4) is 0 Å². The number of anilines is 1. The van der Waals surface area contributed by atoms with Crippen LogP contribution in [0.2, 0.25) is 0 Å². The maximum absolute atomic E-state index is 11.8. The molecule has 102 valence electrons. The smallest absolute Gasteiger partial charge is 0.248 e. The first-order valence-corrected chi connectivity index (χ1v) is 6.17. The summed E-state index contributed by atoms with van der Waals surface area (Å²) in [5, 5.41) is 5.95. The summed E-state index contributed by atoms with van der Waals surface area (Å²) in [6.07, 6.45) is 0. The normalized spacial score (nSPS) is 15.1. The second-order valence-electron chi connectivity index (χ2n) is 4.72. The maximum Gasteiger partial charge on any atom is 0.248 e. The van der Waals surface area contributed by atoms with E-state index in [1.165, 1.54) is 0 Å². The summed E-state index contributed by atoms with van der Waals surface area (Å²) in [6, 6.07) is 6.96. The summed E-state index contributed by atoms with van der Waals surface area (Å²) in [4.78, 5) is 24.8. The van der Waals surface area contributed by atoms with Gasteiger partial charge in [0.05, 0.1) is 6.54 Å². The van der Waals surface area contributed by atoms with Crippen LogP contribution in [0.3, 0.4) is 0 Å². The van der Waals surface area contributed by atoms with E-state index in [9.17, 15) is 9.59 Å². The minimum atomic E-state index is -0.477. The number of likely N-dealkylation sites (N-methyl/N-ethyl adjacent to an activating group) is 1. The highest BCUT2D eigenvalue weighted by molar-refractivity contribution is 5.95. The van der Waals surface area contributed by atoms with Crippen LogP contribution in [0.4, 0.5) is 5.69 Å². The van der Waals surface area contributed by atoms with Gasteiger partial charge in [-0.05, 0) is 31.3 Å². The Morgan fingerprint density at radius 2 is 2.00 bits per heavy atom. The Kier molecular flexibility index (Phi) is 4.13. The summed E-state index contributed by atoms with van der Waals surface area (Å²) in [7, 11) is 1.93. The lowest BCUT2D eigenvalue weighted by Gasteiger charge is -2.35. The third-order valence-corrected chi connectivity index (χ3v) is 3.23. The number of nitrogens with zero attached hydrogens (tertiary/aromatic N) is 1. The van der Waals surface area contributed by atoms with Gasteiger partial charge in [0.1, 0.15) is 0 Å². The molecule has 1 heterocycles. The molecule has 1 saturated heterocycles. The van der Waals surface area contributed by atoms with Crippen molar-refractivity contribution in [1.29, 1.82) is 0 Å². The topological polar surface area (TPSA) is 87.5 Å². The molecule has 2 rings (SSSR count). The van der Waals surface area contributed by atoms with Crippen molar-refractivity contribution in [2.45, 2.75) is 6.04 Å². The van der Waals surface area contributed by atoms with Crippen LogP contribution in [0.25, 0.3) is 0 Å². The van der Waals surface area contributed by atoms with Crippen LogP contribution >= 0.6 is 0 Å². The van der Waals surface area contributed by atoms with Gasteiger partial charge >= 0.3 is 0 Å². The van der Waals surface area contributed by atoms with E-state index in [2.05, 4.69) is 10.6 Å². The molecule has 0 atom stereocenters. The van der Waals surface area contributed by atoms with Gasteiger partial charge in [0.2, 0.25) is 11.8 Å². The third kappa shape index (κ3) is 3.52. The molecule has 1 aliphatic rings. The van der Waals surface area contributed by atoms with Crippen LogP contribution in [0.1, 0.15) is 10.4 Å². The number of rotatable bonds is 5. The van der Waals surface area contributed by atoms with E-state index in [-0.39, 0.29) is 5.91 Å². The molecule has 1 aromatic rings. The monoisotopic (exact) mass is 262 g/mol. The molecule has 0 spiro atoms. The first kappa shape index (κ1) is 13.5. The second-order valence-corrected chi connectivity index (χ2v) is 4.72. The molecule has 0 radical (unpaired) electrons. The fourth-order valence-electron chi connectivity index (χ4n) is 1.86. The number of carbonyl (C=O) groups excluding carboxylic acids is 2. The summed E-state index contributed by atoms with van der Waals surface area (Å²) in [5.41, 5.74) is 6.24. The summed E-state index contributed by atoms with van der Waals surface area (Å²) >= 11 is 0. The first-order chi connectivity index (χ1) is 9.06. The molecule has 19 heavy (non-hydrogen) atoms. The van der Waals surface area contributed by atoms with E-state index in [1.807, 2.05) is 11.9 Å². The first-order valence-electron chi connectivity index (χ1n) is 6.17. The predicted octanol–water partition coefficient (Wildman–Crippen LogP) is -0.372. The quantitative estimate of drug-likeness (QED) is 0.675. The molecular weight excluding hydrogens is 244 g/mol. The van der Waals surface area contributed by atoms with Crippen molar-refractivity contribution in [2.24, 2.45) is 5.73 Å². The summed E-state index contributed by atoms with van der Waals surface area (Å²) in [5.74, 6) is -0.545. The molecule has 0 aromatic heterocycles. The van der Waals surface area contributed by atoms with Gasteiger partial charge in [-0.15, -0.1) is 0 Å². The highest BCUT2D eigenvalue weighted by Gasteiger charge is 2.22. The fraction of sp³-hybridized carbons (Fsp3) is 0.385. The zero-order valence-electron chi connectivity index (χ0n) is 10.8. The van der Waals surface area contributed by atoms with Crippen LogP contribution in [-0.4, -0.2) is 49.4 Å². The Hall–Kier alpha value is -1.92. The van der Waals surface area contributed by atoms with Gasteiger partial charge in [-0.25, -0.2) is 0 Å². The number of hydrogen-bond donors (Lipinski definition) is 3. The number of amides is 2. The number of hydrogen-bond acceptors (Lipinski definition) is 4. The minimum Gasteiger partial charge on any atom is -0.366 e. The van der Waals surface area contributed by atoms with Crippen molar-refractivity contribution in [1.82, 2.24) is 10.2 Å². The Labute approximate surface area is 112 Å². The predicted molar refractivity (Wildman–Crippen MR) is 72.9 cm³/mol. The molecule has 0 bridgehead atoms. The van der Waals surface area contributed by atoms with E-state index in [0.717, 1.165) is 13.1 Å². The van der Waals surface area contributed by atoms with Gasteiger partial charge < -0.3 is 16.4 Å². The van der Waals surface area contributed by atoms with Crippen LogP contribution in [0.5, 0.6) is 0 Å². The van der Waals surface area contributed by atoms with Crippen molar-refractivity contribution < 1.29 is 9.59 Å². The Balaban J connectivity index is 1.85. The van der Waals surface area contributed by atoms with Gasteiger partial charge in [-0.3, -0.25) is 14.5 Å². The lowest BCUT2D eigenvalue weighted by molar-refractivity contribution is -0.117. The molecule has 1 fully saturated rings. The number of nitrogens with two attached hydrogens (primary N) is 1. The van der Waals surface area contributed by atoms with Crippen molar-refractivity contribution in [3.05, 3.63) is 29.8 Å². The van der Waals surface area contributed by atoms with E-state index in [4.69, 9.17) is 5.73 Å². The molecule has 6 heteroatoms. The third-order valence-electron chi connectivity index (χ3n) is 3.23. The fourth-order valence-corrected chi connectivity index (χ4v) is 1.86. The second kappa shape index (κ2) is 5.81. The number of benzene rings is 1. The Morgan fingerprint density at radius 3 is 2.47 bits per heavy atom. The molecule has 2 amide bonds. The van der Waals surface area contributed by atoms with E-state index < -0.39 is 5.91 Å². The van der Waals surface area contributed by atoms with E-state index in [1.54, 1.807) is 24.3 Å². The average molecular weight is 262 g/mol. The molecule has 0 aliphatic carbocycles. The largest absolute Gasteiger partial charge is 0.366 e. The SMILES string of the molecule is CN(CC(=O)Nc1ccc(C(N)=O)cc1)C1CNC1. The van der Waals surface area contributed by atoms with Crippen molar-refractivity contribution in [3.63, 3.8) is 0 Å². The van der Waals surface area contributed by atoms with Crippen molar-refractivity contribution in [2.75, 3.05) is 32.0 Å². The molecule has 6 nitrogen and oxygen atoms in total. The van der Waals surface area contributed by atoms with Gasteiger partial charge in [0, 0.05) is 30.4 Å². The zero-order valence-corrected chi connectivity index (χ0v) is 10.8. The van der Waals surface area contributed by atoms with Crippen LogP contribution < -0.4 is 16.4 Å². The van der Waals surface area contributed by atoms with Gasteiger partial charge in [0.15, 0.2) is 0 Å². The summed E-state index contributed by atoms with van der Waals surface area (Å²) in [6.45, 7) is 2.21. The van der Waals surface area contributed by atoms with Gasteiger partial charge in [-0.1, -0.05) is 0 Å². The lowest BCUT2D eigenvalue weighted by atomic mass is 10.1. The standard InChI is InChI=1S/C13H18N4O2/c1-17(11-6-15-7-11)8-12(18)16-10-4-2-9(3-5-10)13(14)19/h2-5,11,15H,6-8H2,1H3,(H2,14,19)(H,16,18). The number of primary amides is 1. The molecular formula is C13H18N4O2. The van der Waals surface area contributed by atoms with Gasteiger partial charge in [0.25, 0.3) is 0 Å². The summed E-state index contributed by atoms with van der Waals surface area (Å²) < 4.78 is 0. The molecule has 0 saturated carbocycles. The maximum atomic E-state index is 11.8. The number of nitrogens with one attached hydrogen (secondary N) is 2. The number of carbonyl (C=O) groups is 2. The van der Waals surface area contributed by atoms with E-state index in [0.29, 0.717) is 23.8 Å². The van der Waals surface area contributed by atoms with Crippen LogP contribution in [0.15, 0.2) is 24.3 Å². The Morgan fingerprint density at radius 1 is 1.37 bits per heavy atom. The van der Waals surface area contributed by atoms with Crippen LogP contribution in [-0.2, 0) is 4.79 Å². The van der Waals surface area contributed by atoms with Crippen molar-refractivity contribution >= 4 is 17.5 Å². The Bertz CT molecular complexity index is 468. The molecule has 0 unspecified atom stereocenters. The molecule has 1 aromatic carbocycles. The molecule has 4 N–H and O–H groups in total. The minimum absolute atomic E-state index is 0.0683. The molecule has 1 aliphatic heterocycles. The van der Waals surface area contributed by atoms with E-state index >= 15 is 0 Å². The lowest BCUT2D eigenvalue weighted by Crippen LogP contribution is -2.57. The van der Waals surface area contributed by atoms with Crippen LogP contribution in [0, 0.1) is 0 Å². The van der Waals surface area contributed by atoms with Gasteiger partial charge in [-0.2, -0.15) is 0 Å². The highest BCUT2D eigenvalue weighted by Crippen LogP contribution is 2.09. The zero-order chi connectivity index (χ0) is 13.8. The average Bonchev–Trinajstić information content (AvgIpc) is 2.26.